The molecule has 2 aliphatic heterocycles. The fraction of sp³-hybridized carbons (Fsp3) is 0.450. The molecule has 1 amide bonds. The van der Waals surface area contributed by atoms with Gasteiger partial charge in [-0.05, 0) is 48.4 Å². The van der Waals surface area contributed by atoms with Gasteiger partial charge in [-0.25, -0.2) is 4.39 Å². The first-order valence-electron chi connectivity index (χ1n) is 9.15. The number of fused-ring (bicyclic) bond motifs is 1. The molecule has 1 aromatic carbocycles. The van der Waals surface area contributed by atoms with E-state index >= 15 is 0 Å². The highest BCUT2D eigenvalue weighted by Gasteiger charge is 2.29. The molecule has 3 heterocycles. The molecule has 2 aliphatic rings. The van der Waals surface area contributed by atoms with Gasteiger partial charge in [0.2, 0.25) is 0 Å². The van der Waals surface area contributed by atoms with Crippen molar-refractivity contribution in [3.05, 3.63) is 52.0 Å². The summed E-state index contributed by atoms with van der Waals surface area (Å²) in [6.45, 7) is 3.54. The highest BCUT2D eigenvalue weighted by atomic mass is 32.1. The zero-order valence-electron chi connectivity index (χ0n) is 14.7. The summed E-state index contributed by atoms with van der Waals surface area (Å²) in [5.41, 5.74) is 1.47. The Morgan fingerprint density at radius 1 is 1.19 bits per heavy atom. The maximum atomic E-state index is 13.6. The smallest absolute Gasteiger partial charge is 0.260 e. The lowest BCUT2D eigenvalue weighted by molar-refractivity contribution is -0.135. The van der Waals surface area contributed by atoms with Crippen LogP contribution in [-0.4, -0.2) is 48.0 Å². The summed E-state index contributed by atoms with van der Waals surface area (Å²) in [6, 6.07) is 8.97. The number of benzene rings is 1. The highest BCUT2D eigenvalue weighted by molar-refractivity contribution is 7.10. The van der Waals surface area contributed by atoms with Crippen LogP contribution < -0.4 is 4.74 Å². The number of thiophene rings is 1. The molecular formula is C20H23FN2O2S. The number of para-hydroxylation sites is 1. The van der Waals surface area contributed by atoms with Gasteiger partial charge in [0.15, 0.2) is 18.2 Å². The van der Waals surface area contributed by atoms with Gasteiger partial charge in [0.1, 0.15) is 0 Å². The summed E-state index contributed by atoms with van der Waals surface area (Å²) in [5, 5.41) is 2.19. The maximum absolute atomic E-state index is 13.6. The van der Waals surface area contributed by atoms with Crippen LogP contribution in [-0.2, 0) is 17.8 Å². The van der Waals surface area contributed by atoms with Crippen molar-refractivity contribution in [1.82, 2.24) is 9.80 Å². The summed E-state index contributed by atoms with van der Waals surface area (Å²) >= 11 is 1.86. The van der Waals surface area contributed by atoms with Crippen LogP contribution in [0.25, 0.3) is 0 Å². The van der Waals surface area contributed by atoms with Gasteiger partial charge in [-0.3, -0.25) is 9.69 Å². The van der Waals surface area contributed by atoms with Gasteiger partial charge >= 0.3 is 0 Å². The molecule has 26 heavy (non-hydrogen) atoms. The molecular weight excluding hydrogens is 351 g/mol. The van der Waals surface area contributed by atoms with Gasteiger partial charge in [-0.1, -0.05) is 12.1 Å². The predicted molar refractivity (Wildman–Crippen MR) is 99.9 cm³/mol. The number of likely N-dealkylation sites (tertiary alicyclic amines) is 1. The van der Waals surface area contributed by atoms with Crippen molar-refractivity contribution >= 4 is 17.2 Å². The molecule has 1 aromatic heterocycles. The second-order valence-electron chi connectivity index (χ2n) is 6.92. The number of hydrogen-bond acceptors (Lipinski definition) is 4. The Hall–Kier alpha value is -1.92. The van der Waals surface area contributed by atoms with Crippen LogP contribution in [0.3, 0.4) is 0 Å². The first kappa shape index (κ1) is 17.5. The number of carbonyl (C=O) groups excluding carboxylic acids is 1. The molecule has 2 aromatic rings. The van der Waals surface area contributed by atoms with E-state index in [1.807, 2.05) is 16.2 Å². The van der Waals surface area contributed by atoms with Gasteiger partial charge in [-0.2, -0.15) is 0 Å². The lowest BCUT2D eigenvalue weighted by Gasteiger charge is -2.40. The van der Waals surface area contributed by atoms with E-state index < -0.39 is 5.82 Å². The summed E-state index contributed by atoms with van der Waals surface area (Å²) in [6.07, 6.45) is 3.12. The summed E-state index contributed by atoms with van der Waals surface area (Å²) in [4.78, 5) is 18.3. The first-order valence-corrected chi connectivity index (χ1v) is 10.0. The third-order valence-electron chi connectivity index (χ3n) is 5.36. The van der Waals surface area contributed by atoms with Crippen LogP contribution in [0.5, 0.6) is 5.75 Å². The van der Waals surface area contributed by atoms with E-state index in [0.29, 0.717) is 6.04 Å². The van der Waals surface area contributed by atoms with Crippen LogP contribution in [0.2, 0.25) is 0 Å². The number of rotatable bonds is 4. The highest BCUT2D eigenvalue weighted by Crippen LogP contribution is 2.28. The molecule has 0 aliphatic carbocycles. The molecule has 0 bridgehead atoms. The largest absolute Gasteiger partial charge is 0.481 e. The molecule has 0 spiro atoms. The fourth-order valence-electron chi connectivity index (χ4n) is 3.85. The van der Waals surface area contributed by atoms with E-state index in [4.69, 9.17) is 4.74 Å². The van der Waals surface area contributed by atoms with E-state index in [-0.39, 0.29) is 18.3 Å². The first-order chi connectivity index (χ1) is 12.7. The zero-order chi connectivity index (χ0) is 17.9. The number of amides is 1. The molecule has 6 heteroatoms. The van der Waals surface area contributed by atoms with Crippen molar-refractivity contribution in [2.75, 3.05) is 26.2 Å². The molecule has 0 N–H and O–H groups in total. The third kappa shape index (κ3) is 3.76. The van der Waals surface area contributed by atoms with Crippen LogP contribution in [0, 0.1) is 5.82 Å². The van der Waals surface area contributed by atoms with Crippen molar-refractivity contribution in [2.24, 2.45) is 0 Å². The van der Waals surface area contributed by atoms with Gasteiger partial charge in [0.05, 0.1) is 0 Å². The second-order valence-corrected chi connectivity index (χ2v) is 7.92. The molecule has 0 unspecified atom stereocenters. The summed E-state index contributed by atoms with van der Waals surface area (Å²) in [7, 11) is 0. The number of carbonyl (C=O) groups is 1. The Bertz CT molecular complexity index is 771. The lowest BCUT2D eigenvalue weighted by Crippen LogP contribution is -2.48. The topological polar surface area (TPSA) is 32.8 Å². The number of piperidine rings is 1. The molecule has 0 radical (unpaired) electrons. The van der Waals surface area contributed by atoms with Crippen molar-refractivity contribution in [1.29, 1.82) is 0 Å². The second kappa shape index (κ2) is 7.76. The number of hydrogen-bond donors (Lipinski definition) is 0. The molecule has 4 rings (SSSR count). The summed E-state index contributed by atoms with van der Waals surface area (Å²) in [5.74, 6) is -0.363. The van der Waals surface area contributed by atoms with Crippen molar-refractivity contribution in [3.63, 3.8) is 0 Å². The standard InChI is InChI=1S/C20H23FN2O2S/c21-17-3-1-2-4-18(17)25-14-20(24)22-9-5-16(6-10-22)23-11-7-19-15(13-23)8-12-26-19/h1-4,8,12,16H,5-7,9-11,13-14H2. The Morgan fingerprint density at radius 2 is 2.00 bits per heavy atom. The lowest BCUT2D eigenvalue weighted by atomic mass is 9.99. The Labute approximate surface area is 157 Å². The van der Waals surface area contributed by atoms with E-state index in [2.05, 4.69) is 16.3 Å². The van der Waals surface area contributed by atoms with Crippen LogP contribution >= 0.6 is 11.3 Å². The van der Waals surface area contributed by atoms with Crippen molar-refractivity contribution in [3.8, 4) is 5.75 Å². The van der Waals surface area contributed by atoms with Crippen molar-refractivity contribution < 1.29 is 13.9 Å². The Kier molecular flexibility index (Phi) is 5.22. The van der Waals surface area contributed by atoms with E-state index in [1.54, 1.807) is 18.2 Å². The monoisotopic (exact) mass is 374 g/mol. The van der Waals surface area contributed by atoms with E-state index in [0.717, 1.165) is 45.4 Å². The normalized spacial score (nSPS) is 18.6. The average Bonchev–Trinajstić information content (AvgIpc) is 3.15. The molecule has 138 valence electrons. The van der Waals surface area contributed by atoms with Crippen LogP contribution in [0.1, 0.15) is 23.3 Å². The third-order valence-corrected chi connectivity index (χ3v) is 6.38. The van der Waals surface area contributed by atoms with Gasteiger partial charge in [-0.15, -0.1) is 11.3 Å². The Balaban J connectivity index is 1.26. The summed E-state index contributed by atoms with van der Waals surface area (Å²) < 4.78 is 18.9. The molecule has 4 nitrogen and oxygen atoms in total. The quantitative estimate of drug-likeness (QED) is 0.823. The van der Waals surface area contributed by atoms with Crippen LogP contribution in [0.4, 0.5) is 4.39 Å². The molecule has 0 atom stereocenters. The average molecular weight is 374 g/mol. The Morgan fingerprint density at radius 3 is 2.81 bits per heavy atom. The number of nitrogens with zero attached hydrogens (tertiary/aromatic N) is 2. The van der Waals surface area contributed by atoms with Crippen molar-refractivity contribution in [2.45, 2.75) is 31.8 Å². The fourth-order valence-corrected chi connectivity index (χ4v) is 4.74. The minimum absolute atomic E-state index is 0.0644. The minimum Gasteiger partial charge on any atom is -0.481 e. The van der Waals surface area contributed by atoms with E-state index in [1.165, 1.54) is 16.5 Å². The van der Waals surface area contributed by atoms with E-state index in [9.17, 15) is 9.18 Å². The predicted octanol–water partition coefficient (Wildman–Crippen LogP) is 3.32. The zero-order valence-corrected chi connectivity index (χ0v) is 15.5. The minimum atomic E-state index is -0.433. The molecule has 0 saturated carbocycles. The molecule has 1 saturated heterocycles. The SMILES string of the molecule is O=C(COc1ccccc1F)N1CCC(N2CCc3sccc3C2)CC1. The number of ether oxygens (including phenoxy) is 1. The maximum Gasteiger partial charge on any atom is 0.260 e. The van der Waals surface area contributed by atoms with Crippen LogP contribution in [0.15, 0.2) is 35.7 Å². The van der Waals surface area contributed by atoms with Gasteiger partial charge < -0.3 is 9.64 Å². The van der Waals surface area contributed by atoms with Gasteiger partial charge in [0.25, 0.3) is 5.91 Å². The van der Waals surface area contributed by atoms with Gasteiger partial charge in [0, 0.05) is 37.1 Å². The number of halogens is 1. The molecule has 1 fully saturated rings.